The number of rotatable bonds is 5. The van der Waals surface area contributed by atoms with E-state index in [4.69, 9.17) is 5.73 Å². The topological polar surface area (TPSA) is 72.2 Å². The molecule has 0 bridgehead atoms. The smallest absolute Gasteiger partial charge is 0.237 e. The average Bonchev–Trinajstić information content (AvgIpc) is 2.02. The Hall–Kier alpha value is -0.420. The molecule has 2 atom stereocenters. The first-order valence-corrected chi connectivity index (χ1v) is 6.01. The van der Waals surface area contributed by atoms with Crippen LogP contribution in [-0.2, 0) is 15.6 Å². The van der Waals surface area contributed by atoms with Crippen LogP contribution in [0.3, 0.4) is 0 Å². The minimum atomic E-state index is -0.861. The van der Waals surface area contributed by atoms with Crippen LogP contribution in [0.25, 0.3) is 0 Å². The summed E-state index contributed by atoms with van der Waals surface area (Å²) in [5.74, 6) is 0.448. The third-order valence-electron chi connectivity index (χ3n) is 1.71. The highest BCUT2D eigenvalue weighted by Crippen LogP contribution is 1.97. The zero-order valence-corrected chi connectivity index (χ0v) is 9.19. The monoisotopic (exact) mass is 206 g/mol. The molecule has 2 unspecified atom stereocenters. The molecule has 0 aromatic rings. The van der Waals surface area contributed by atoms with Crippen molar-refractivity contribution >= 4 is 16.7 Å². The summed E-state index contributed by atoms with van der Waals surface area (Å²) in [7, 11) is -0.861. The zero-order chi connectivity index (χ0) is 10.4. The van der Waals surface area contributed by atoms with Gasteiger partial charge in [-0.05, 0) is 5.92 Å². The van der Waals surface area contributed by atoms with Gasteiger partial charge in [0.15, 0.2) is 0 Å². The number of nitrogens with two attached hydrogens (primary N) is 1. The molecular formula is C8H18N2O2S. The second-order valence-electron chi connectivity index (χ2n) is 3.34. The van der Waals surface area contributed by atoms with Gasteiger partial charge < -0.3 is 11.1 Å². The Balaban J connectivity index is 3.68. The summed E-state index contributed by atoms with van der Waals surface area (Å²) < 4.78 is 10.7. The van der Waals surface area contributed by atoms with E-state index in [1.54, 1.807) is 6.26 Å². The lowest BCUT2D eigenvalue weighted by atomic mass is 10.1. The molecule has 5 heteroatoms. The Kier molecular flexibility index (Phi) is 5.90. The number of nitrogens with one attached hydrogen (secondary N) is 1. The molecule has 0 spiro atoms. The fourth-order valence-electron chi connectivity index (χ4n) is 0.739. The molecule has 0 rings (SSSR count). The number of hydrogen-bond donors (Lipinski definition) is 2. The lowest BCUT2D eigenvalue weighted by molar-refractivity contribution is -0.123. The quantitative estimate of drug-likeness (QED) is 0.635. The maximum atomic E-state index is 11.2. The van der Waals surface area contributed by atoms with Gasteiger partial charge in [-0.1, -0.05) is 13.8 Å². The Morgan fingerprint density at radius 2 is 2.08 bits per heavy atom. The molecule has 0 fully saturated rings. The zero-order valence-electron chi connectivity index (χ0n) is 8.37. The van der Waals surface area contributed by atoms with Crippen LogP contribution in [0, 0.1) is 5.92 Å². The van der Waals surface area contributed by atoms with Crippen molar-refractivity contribution < 1.29 is 9.00 Å². The lowest BCUT2D eigenvalue weighted by Crippen LogP contribution is -2.44. The Bertz CT molecular complexity index is 195. The molecule has 0 radical (unpaired) electrons. The highest BCUT2D eigenvalue weighted by Gasteiger charge is 2.16. The molecule has 0 aliphatic carbocycles. The SMILES string of the molecule is CC(C)C(N)C(=O)NCCS(C)=O. The first-order valence-electron chi connectivity index (χ1n) is 4.28. The number of carbonyl (C=O) groups is 1. The Labute approximate surface area is 81.7 Å². The van der Waals surface area contributed by atoms with Gasteiger partial charge in [0.25, 0.3) is 0 Å². The summed E-state index contributed by atoms with van der Waals surface area (Å²) in [5, 5.41) is 2.64. The largest absolute Gasteiger partial charge is 0.354 e. The van der Waals surface area contributed by atoms with E-state index in [1.807, 2.05) is 13.8 Å². The van der Waals surface area contributed by atoms with Gasteiger partial charge in [-0.15, -0.1) is 0 Å². The minimum Gasteiger partial charge on any atom is -0.354 e. The predicted molar refractivity (Wildman–Crippen MR) is 54.8 cm³/mol. The van der Waals surface area contributed by atoms with Crippen LogP contribution in [0.15, 0.2) is 0 Å². The summed E-state index contributed by atoms with van der Waals surface area (Å²) in [6.45, 7) is 4.22. The van der Waals surface area contributed by atoms with Crippen LogP contribution in [0.1, 0.15) is 13.8 Å². The highest BCUT2D eigenvalue weighted by atomic mass is 32.2. The number of hydrogen-bond acceptors (Lipinski definition) is 3. The van der Waals surface area contributed by atoms with Gasteiger partial charge in [0.05, 0.1) is 6.04 Å². The molecule has 0 aromatic heterocycles. The summed E-state index contributed by atoms with van der Waals surface area (Å²) in [6, 6.07) is -0.467. The fraction of sp³-hybridized carbons (Fsp3) is 0.875. The molecule has 0 saturated carbocycles. The van der Waals surface area contributed by atoms with Crippen molar-refractivity contribution in [2.24, 2.45) is 11.7 Å². The van der Waals surface area contributed by atoms with Gasteiger partial charge in [-0.2, -0.15) is 0 Å². The van der Waals surface area contributed by atoms with Crippen LogP contribution in [-0.4, -0.2) is 34.7 Å². The van der Waals surface area contributed by atoms with Crippen molar-refractivity contribution in [2.45, 2.75) is 19.9 Å². The fourth-order valence-corrected chi connectivity index (χ4v) is 1.13. The van der Waals surface area contributed by atoms with E-state index in [2.05, 4.69) is 5.32 Å². The number of carbonyl (C=O) groups excluding carboxylic acids is 1. The molecule has 0 aliphatic rings. The van der Waals surface area contributed by atoms with Crippen molar-refractivity contribution in [3.8, 4) is 0 Å². The normalized spacial score (nSPS) is 15.5. The molecule has 1 amide bonds. The van der Waals surface area contributed by atoms with Crippen molar-refractivity contribution in [3.63, 3.8) is 0 Å². The second kappa shape index (κ2) is 6.10. The third kappa shape index (κ3) is 5.76. The summed E-state index contributed by atoms with van der Waals surface area (Å²) in [5.41, 5.74) is 5.59. The van der Waals surface area contributed by atoms with E-state index in [9.17, 15) is 9.00 Å². The summed E-state index contributed by atoms with van der Waals surface area (Å²) >= 11 is 0. The van der Waals surface area contributed by atoms with Gasteiger partial charge >= 0.3 is 0 Å². The minimum absolute atomic E-state index is 0.132. The predicted octanol–water partition coefficient (Wildman–Crippen LogP) is -0.536. The standard InChI is InChI=1S/C8H18N2O2S/c1-6(2)7(9)8(11)10-4-5-13(3)12/h6-7H,4-5,9H2,1-3H3,(H,10,11). The summed E-state index contributed by atoms with van der Waals surface area (Å²) in [4.78, 5) is 11.2. The highest BCUT2D eigenvalue weighted by molar-refractivity contribution is 7.84. The molecule has 3 N–H and O–H groups in total. The van der Waals surface area contributed by atoms with Crippen molar-refractivity contribution in [3.05, 3.63) is 0 Å². The van der Waals surface area contributed by atoms with Crippen LogP contribution in [0.5, 0.6) is 0 Å². The van der Waals surface area contributed by atoms with Crippen LogP contribution in [0.4, 0.5) is 0 Å². The molecular weight excluding hydrogens is 188 g/mol. The molecule has 78 valence electrons. The first kappa shape index (κ1) is 12.6. The van der Waals surface area contributed by atoms with E-state index < -0.39 is 16.8 Å². The van der Waals surface area contributed by atoms with Gasteiger partial charge in [-0.3, -0.25) is 9.00 Å². The molecule has 0 aliphatic heterocycles. The van der Waals surface area contributed by atoms with Crippen molar-refractivity contribution in [2.75, 3.05) is 18.6 Å². The van der Waals surface area contributed by atoms with Gasteiger partial charge in [0.2, 0.25) is 5.91 Å². The van der Waals surface area contributed by atoms with Crippen LogP contribution >= 0.6 is 0 Å². The van der Waals surface area contributed by atoms with Gasteiger partial charge in [-0.25, -0.2) is 0 Å². The molecule has 13 heavy (non-hydrogen) atoms. The maximum absolute atomic E-state index is 11.2. The Morgan fingerprint density at radius 3 is 2.46 bits per heavy atom. The van der Waals surface area contributed by atoms with E-state index in [0.717, 1.165) is 0 Å². The molecule has 0 aromatic carbocycles. The average molecular weight is 206 g/mol. The van der Waals surface area contributed by atoms with Crippen LogP contribution in [0.2, 0.25) is 0 Å². The summed E-state index contributed by atoms with van der Waals surface area (Å²) in [6.07, 6.45) is 1.61. The van der Waals surface area contributed by atoms with Crippen molar-refractivity contribution in [1.82, 2.24) is 5.32 Å². The third-order valence-corrected chi connectivity index (χ3v) is 2.49. The van der Waals surface area contributed by atoms with E-state index in [1.165, 1.54) is 0 Å². The number of amides is 1. The van der Waals surface area contributed by atoms with E-state index in [0.29, 0.717) is 12.3 Å². The van der Waals surface area contributed by atoms with E-state index in [-0.39, 0.29) is 11.8 Å². The maximum Gasteiger partial charge on any atom is 0.237 e. The van der Waals surface area contributed by atoms with Crippen molar-refractivity contribution in [1.29, 1.82) is 0 Å². The van der Waals surface area contributed by atoms with Gasteiger partial charge in [0, 0.05) is 29.4 Å². The molecule has 4 nitrogen and oxygen atoms in total. The first-order chi connectivity index (χ1) is 5.95. The van der Waals surface area contributed by atoms with Gasteiger partial charge in [0.1, 0.15) is 0 Å². The lowest BCUT2D eigenvalue weighted by Gasteiger charge is -2.14. The Morgan fingerprint density at radius 1 is 1.54 bits per heavy atom. The van der Waals surface area contributed by atoms with Crippen LogP contribution < -0.4 is 11.1 Å². The molecule has 0 saturated heterocycles. The second-order valence-corrected chi connectivity index (χ2v) is 4.89. The molecule has 0 heterocycles. The van der Waals surface area contributed by atoms with E-state index >= 15 is 0 Å².